The van der Waals surface area contributed by atoms with Crippen LogP contribution in [-0.2, 0) is 66.5 Å². The molecule has 0 aromatic heterocycles. The van der Waals surface area contributed by atoms with Crippen LogP contribution in [0, 0.1) is 0 Å². The van der Waals surface area contributed by atoms with Crippen LogP contribution >= 0.6 is 7.82 Å². The molecule has 1 fully saturated rings. The van der Waals surface area contributed by atoms with Crippen LogP contribution in [0.4, 0.5) is 13.2 Å². The Bertz CT molecular complexity index is 1750. The minimum atomic E-state index is -5.36. The van der Waals surface area contributed by atoms with Gasteiger partial charge in [0.15, 0.2) is 0 Å². The van der Waals surface area contributed by atoms with Crippen molar-refractivity contribution in [1.29, 1.82) is 0 Å². The minimum absolute atomic E-state index is 0.0677. The monoisotopic (exact) mass is 837 g/mol. The molecule has 4 aromatic carbocycles. The molecule has 0 saturated carbocycles. The molecule has 0 spiro atoms. The number of hydrogen-bond acceptors (Lipinski definition) is 10. The maximum absolute atomic E-state index is 14.5. The summed E-state index contributed by atoms with van der Waals surface area (Å²) in [5.74, 6) is -3.16. The molecule has 54 heavy (non-hydrogen) atoms. The fraction of sp³-hybridized carbons (Fsp3) is 0.316. The van der Waals surface area contributed by atoms with Crippen molar-refractivity contribution in [3.8, 4) is 0 Å². The second-order valence-electron chi connectivity index (χ2n) is 11.9. The third kappa shape index (κ3) is 12.9. The van der Waals surface area contributed by atoms with E-state index in [1.54, 1.807) is 84.9 Å². The van der Waals surface area contributed by atoms with Gasteiger partial charge in [-0.3, -0.25) is 0 Å². The van der Waals surface area contributed by atoms with E-state index in [0.717, 1.165) is 16.9 Å². The van der Waals surface area contributed by atoms with Gasteiger partial charge in [-0.2, -0.15) is 0 Å². The van der Waals surface area contributed by atoms with Gasteiger partial charge < -0.3 is 0 Å². The van der Waals surface area contributed by atoms with E-state index in [1.807, 2.05) is 41.7 Å². The molecule has 3 unspecified atom stereocenters. The van der Waals surface area contributed by atoms with E-state index in [2.05, 4.69) is 0 Å². The number of rotatable bonds is 18. The van der Waals surface area contributed by atoms with E-state index in [4.69, 9.17) is 32.5 Å². The van der Waals surface area contributed by atoms with Gasteiger partial charge >= 0.3 is 318 Å². The Labute approximate surface area is 317 Å². The molecule has 5 atom stereocenters. The third-order valence-corrected chi connectivity index (χ3v) is 11.5. The fourth-order valence-corrected chi connectivity index (χ4v) is 8.57. The van der Waals surface area contributed by atoms with Crippen LogP contribution in [0.1, 0.15) is 23.6 Å². The Kier molecular flexibility index (Phi) is 15.4. The molecule has 1 amide bonds. The van der Waals surface area contributed by atoms with Crippen molar-refractivity contribution in [1.82, 2.24) is 5.32 Å². The number of nitrogens with one attached hydrogen (secondary N) is 1. The van der Waals surface area contributed by atoms with Gasteiger partial charge in [-0.1, -0.05) is 0 Å². The van der Waals surface area contributed by atoms with E-state index in [1.165, 1.54) is 0 Å². The predicted octanol–water partition coefficient (Wildman–Crippen LogP) is 6.26. The summed E-state index contributed by atoms with van der Waals surface area (Å²) < 4.78 is 98.0. The Hall–Kier alpha value is -3.88. The molecule has 5 rings (SSSR count). The molecule has 1 saturated heterocycles. The van der Waals surface area contributed by atoms with Gasteiger partial charge in [0.2, 0.25) is 0 Å². The first kappa shape index (κ1) is 41.3. The number of phosphoric acid groups is 1. The zero-order valence-corrected chi connectivity index (χ0v) is 31.6. The number of carbonyl (C=O) groups excluding carboxylic acids is 2. The number of benzene rings is 4. The number of hydrogen-bond donors (Lipinski definition) is 1. The molecule has 1 N–H and O–H groups in total. The van der Waals surface area contributed by atoms with Crippen LogP contribution < -0.4 is 9.78 Å². The van der Waals surface area contributed by atoms with Crippen molar-refractivity contribution in [2.75, 3.05) is 6.79 Å². The summed E-state index contributed by atoms with van der Waals surface area (Å²) in [5.41, 5.74) is 1.96. The van der Waals surface area contributed by atoms with Crippen molar-refractivity contribution in [2.45, 2.75) is 68.9 Å². The number of halogens is 3. The van der Waals surface area contributed by atoms with Crippen LogP contribution in [0.15, 0.2) is 121 Å². The van der Waals surface area contributed by atoms with Crippen molar-refractivity contribution < 1.29 is 59.8 Å². The molecule has 0 aliphatic carbocycles. The molecule has 1 heterocycles. The second kappa shape index (κ2) is 20.2. The number of amides is 1. The molecule has 11 nitrogen and oxygen atoms in total. The van der Waals surface area contributed by atoms with E-state index in [9.17, 15) is 27.3 Å². The van der Waals surface area contributed by atoms with Crippen molar-refractivity contribution in [3.63, 3.8) is 0 Å². The van der Waals surface area contributed by atoms with Crippen molar-refractivity contribution in [2.24, 2.45) is 0 Å². The standard InChI is InChI=1S/C38H39F3NO10PSe/c1-27(43)50-34-32(25-54-31-20-12-5-13-21-31)51-36(33(42-37(44)38(39,40)41)35(34)47-26-46-22-28-14-6-2-7-15-28)52-53(45,48-23-29-16-8-3-9-17-29)49-24-30-18-10-4-11-19-30/h2-21,32-36H,22-26H2,1H3,(H,42,44)/t32?,33?,34-,35?,36-/m1/s1. The SMILES string of the molecule is CC(=O)O[C@@H]1C(C[Se]c2ccccc2)O[C@H](OP(=O)(OCc2ccccc2)OCc2ccccc2)C(NC(=O)C(F)(F)F)C1OCOCc1ccccc1. The van der Waals surface area contributed by atoms with E-state index in [-0.39, 0.29) is 40.1 Å². The van der Waals surface area contributed by atoms with E-state index in [0.29, 0.717) is 11.1 Å². The average Bonchev–Trinajstić information content (AvgIpc) is 3.17. The van der Waals surface area contributed by atoms with Crippen LogP contribution in [0.2, 0.25) is 5.32 Å². The summed E-state index contributed by atoms with van der Waals surface area (Å²) in [5, 5.41) is 2.07. The molecule has 0 radical (unpaired) electrons. The van der Waals surface area contributed by atoms with Crippen molar-refractivity contribution in [3.05, 3.63) is 138 Å². The van der Waals surface area contributed by atoms with Gasteiger partial charge in [-0.05, 0) is 0 Å². The summed E-state index contributed by atoms with van der Waals surface area (Å²) in [6, 6.07) is 33.8. The molecule has 4 aromatic rings. The van der Waals surface area contributed by atoms with Gasteiger partial charge in [-0.15, -0.1) is 0 Å². The molecule has 0 bridgehead atoms. The third-order valence-electron chi connectivity index (χ3n) is 7.81. The molecule has 16 heteroatoms. The molecular formula is C38H39F3NO10PSe. The fourth-order valence-electron chi connectivity index (χ4n) is 5.28. The van der Waals surface area contributed by atoms with Gasteiger partial charge in [0.1, 0.15) is 0 Å². The predicted molar refractivity (Wildman–Crippen MR) is 191 cm³/mol. The number of phosphoric ester groups is 1. The van der Waals surface area contributed by atoms with Crippen LogP contribution in [0.25, 0.3) is 0 Å². The van der Waals surface area contributed by atoms with Gasteiger partial charge in [0.05, 0.1) is 0 Å². The Morgan fingerprint density at radius 2 is 1.26 bits per heavy atom. The summed E-state index contributed by atoms with van der Waals surface area (Å²) in [6.45, 7) is 0.132. The first-order chi connectivity index (χ1) is 26.0. The summed E-state index contributed by atoms with van der Waals surface area (Å²) >= 11 is -0.331. The quantitative estimate of drug-likeness (QED) is 0.0404. The molecule has 1 aliphatic heterocycles. The number of alkyl halides is 3. The zero-order chi connectivity index (χ0) is 38.4. The first-order valence-electron chi connectivity index (χ1n) is 16.8. The number of carbonyl (C=O) groups is 2. The Morgan fingerprint density at radius 3 is 1.76 bits per heavy atom. The van der Waals surface area contributed by atoms with Gasteiger partial charge in [0, 0.05) is 0 Å². The number of esters is 1. The number of ether oxygens (including phenoxy) is 4. The van der Waals surface area contributed by atoms with E-state index < -0.39 is 63.3 Å². The van der Waals surface area contributed by atoms with E-state index >= 15 is 0 Å². The normalized spacial score (nSPS) is 20.3. The van der Waals surface area contributed by atoms with Gasteiger partial charge in [0.25, 0.3) is 0 Å². The summed E-state index contributed by atoms with van der Waals surface area (Å²) in [7, 11) is -4.74. The maximum atomic E-state index is 14.5. The Balaban J connectivity index is 1.49. The molecule has 1 aliphatic rings. The average molecular weight is 837 g/mol. The molecular weight excluding hydrogens is 797 g/mol. The van der Waals surface area contributed by atoms with Gasteiger partial charge in [-0.25, -0.2) is 0 Å². The topological polar surface area (TPSA) is 128 Å². The zero-order valence-electron chi connectivity index (χ0n) is 29.0. The molecule has 288 valence electrons. The summed E-state index contributed by atoms with van der Waals surface area (Å²) in [6.07, 6.45) is -11.3. The summed E-state index contributed by atoms with van der Waals surface area (Å²) in [4.78, 5) is 25.1. The van der Waals surface area contributed by atoms with Crippen LogP contribution in [0.5, 0.6) is 0 Å². The second-order valence-corrected chi connectivity index (χ2v) is 15.8. The first-order valence-corrected chi connectivity index (χ1v) is 20.3. The Morgan fingerprint density at radius 1 is 0.759 bits per heavy atom. The van der Waals surface area contributed by atoms with Crippen molar-refractivity contribution >= 4 is 39.1 Å². The van der Waals surface area contributed by atoms with Crippen LogP contribution in [-0.4, -0.2) is 70.4 Å². The van der Waals surface area contributed by atoms with Crippen LogP contribution in [0.3, 0.4) is 0 Å².